The molecule has 4 nitrogen and oxygen atoms in total. The van der Waals surface area contributed by atoms with E-state index in [1.165, 1.54) is 6.21 Å². The minimum Gasteiger partial charge on any atom is -0.272 e. The number of amides is 2. The molecule has 2 bridgehead atoms. The third-order valence-corrected chi connectivity index (χ3v) is 6.19. The molecule has 0 aromatic heterocycles. The summed E-state index contributed by atoms with van der Waals surface area (Å²) >= 11 is 0. The summed E-state index contributed by atoms with van der Waals surface area (Å²) in [5, 5.41) is 5.25. The van der Waals surface area contributed by atoms with Gasteiger partial charge in [-0.2, -0.15) is 10.1 Å². The predicted molar refractivity (Wildman–Crippen MR) is 90.6 cm³/mol. The standard InChI is InChI=1S/C20H18N2O2/c23-18-16-14-8-9-15(20(14)10-11-20)17(16)19(24)22(18)21-12-4-7-13-5-2-1-3-6-13/h1-9,12,14-17H,10-11H2/b7-4+,21-12-/t14-,15+,16+,17-. The van der Waals surface area contributed by atoms with Gasteiger partial charge in [0.25, 0.3) is 11.8 Å². The summed E-state index contributed by atoms with van der Waals surface area (Å²) in [4.78, 5) is 25.4. The molecule has 3 fully saturated rings. The highest BCUT2D eigenvalue weighted by Gasteiger charge is 2.73. The van der Waals surface area contributed by atoms with Crippen molar-refractivity contribution in [1.29, 1.82) is 0 Å². The number of hydrogen-bond acceptors (Lipinski definition) is 3. The van der Waals surface area contributed by atoms with Crippen LogP contribution in [0, 0.1) is 29.1 Å². The van der Waals surface area contributed by atoms with E-state index in [0.29, 0.717) is 0 Å². The van der Waals surface area contributed by atoms with Crippen LogP contribution in [0.4, 0.5) is 0 Å². The molecule has 2 saturated carbocycles. The lowest BCUT2D eigenvalue weighted by Crippen LogP contribution is -2.30. The predicted octanol–water partition coefficient (Wildman–Crippen LogP) is 2.88. The van der Waals surface area contributed by atoms with E-state index in [-0.39, 0.29) is 40.9 Å². The molecule has 4 atom stereocenters. The van der Waals surface area contributed by atoms with Crippen molar-refractivity contribution >= 4 is 24.1 Å². The lowest BCUT2D eigenvalue weighted by atomic mass is 9.85. The highest BCUT2D eigenvalue weighted by molar-refractivity contribution is 6.07. The van der Waals surface area contributed by atoms with Gasteiger partial charge in [0.15, 0.2) is 0 Å². The molecule has 1 saturated heterocycles. The number of fused-ring (bicyclic) bond motifs is 3. The maximum Gasteiger partial charge on any atom is 0.254 e. The van der Waals surface area contributed by atoms with Gasteiger partial charge in [-0.1, -0.05) is 48.6 Å². The van der Waals surface area contributed by atoms with E-state index in [9.17, 15) is 9.59 Å². The Morgan fingerprint density at radius 1 is 1.00 bits per heavy atom. The molecule has 4 aliphatic rings. The number of hydrazone groups is 1. The van der Waals surface area contributed by atoms with Crippen LogP contribution < -0.4 is 0 Å². The van der Waals surface area contributed by atoms with Crippen molar-refractivity contribution in [2.75, 3.05) is 0 Å². The van der Waals surface area contributed by atoms with Gasteiger partial charge in [-0.05, 0) is 41.7 Å². The van der Waals surface area contributed by atoms with Gasteiger partial charge in [-0.15, -0.1) is 0 Å². The first-order chi connectivity index (χ1) is 11.7. The number of nitrogens with zero attached hydrogens (tertiary/aromatic N) is 2. The largest absolute Gasteiger partial charge is 0.272 e. The van der Waals surface area contributed by atoms with Crippen LogP contribution in [0.5, 0.6) is 0 Å². The highest BCUT2D eigenvalue weighted by atomic mass is 16.2. The maximum atomic E-state index is 12.7. The molecular formula is C20H18N2O2. The van der Waals surface area contributed by atoms with Crippen molar-refractivity contribution in [3.05, 3.63) is 54.1 Å². The van der Waals surface area contributed by atoms with Crippen LogP contribution >= 0.6 is 0 Å². The average molecular weight is 318 g/mol. The highest BCUT2D eigenvalue weighted by Crippen LogP contribution is 2.73. The molecular weight excluding hydrogens is 300 g/mol. The monoisotopic (exact) mass is 318 g/mol. The maximum absolute atomic E-state index is 12.7. The number of hydrogen-bond donors (Lipinski definition) is 0. The fourth-order valence-corrected chi connectivity index (χ4v) is 5.00. The van der Waals surface area contributed by atoms with Gasteiger partial charge in [0.2, 0.25) is 0 Å². The number of benzene rings is 1. The smallest absolute Gasteiger partial charge is 0.254 e. The van der Waals surface area contributed by atoms with Crippen LogP contribution in [0.3, 0.4) is 0 Å². The van der Waals surface area contributed by atoms with Crippen molar-refractivity contribution in [2.24, 2.45) is 34.2 Å². The second-order valence-electron chi connectivity index (χ2n) is 7.24. The molecule has 1 aromatic carbocycles. The van der Waals surface area contributed by atoms with Crippen molar-refractivity contribution in [2.45, 2.75) is 12.8 Å². The molecule has 4 heteroatoms. The first-order valence-corrected chi connectivity index (χ1v) is 8.54. The van der Waals surface area contributed by atoms with Gasteiger partial charge in [0.05, 0.1) is 11.8 Å². The Hall–Kier alpha value is -2.49. The first kappa shape index (κ1) is 13.9. The molecule has 3 aliphatic carbocycles. The van der Waals surface area contributed by atoms with E-state index in [4.69, 9.17) is 0 Å². The summed E-state index contributed by atoms with van der Waals surface area (Å²) in [5.41, 5.74) is 1.29. The van der Waals surface area contributed by atoms with Crippen molar-refractivity contribution in [3.8, 4) is 0 Å². The fourth-order valence-electron chi connectivity index (χ4n) is 5.00. The van der Waals surface area contributed by atoms with Gasteiger partial charge in [0.1, 0.15) is 0 Å². The summed E-state index contributed by atoms with van der Waals surface area (Å²) in [5.74, 6) is -0.0708. The molecule has 24 heavy (non-hydrogen) atoms. The molecule has 1 heterocycles. The normalized spacial score (nSPS) is 35.1. The van der Waals surface area contributed by atoms with E-state index >= 15 is 0 Å². The number of carbonyl (C=O) groups excluding carboxylic acids is 2. The summed E-state index contributed by atoms with van der Waals surface area (Å²) < 4.78 is 0. The van der Waals surface area contributed by atoms with E-state index in [0.717, 1.165) is 23.4 Å². The SMILES string of the molecule is O=C1[C@@H]2[C@H](C(=O)N1/N=C\C=C\c1ccccc1)[C@@H]1C=C[C@H]2C12CC2. The molecule has 0 radical (unpaired) electrons. The lowest BCUT2D eigenvalue weighted by molar-refractivity contribution is -0.141. The summed E-state index contributed by atoms with van der Waals surface area (Å²) in [6, 6.07) is 9.85. The Balaban J connectivity index is 1.34. The Morgan fingerprint density at radius 3 is 2.21 bits per heavy atom. The van der Waals surface area contributed by atoms with Gasteiger partial charge < -0.3 is 0 Å². The van der Waals surface area contributed by atoms with E-state index < -0.39 is 0 Å². The molecule has 1 aliphatic heterocycles. The average Bonchev–Trinajstić information content (AvgIpc) is 3.20. The number of allylic oxidation sites excluding steroid dienone is 3. The summed E-state index contributed by atoms with van der Waals surface area (Å²) in [7, 11) is 0. The third kappa shape index (κ3) is 1.71. The molecule has 2 amide bonds. The minimum atomic E-state index is -0.176. The Kier molecular flexibility index (Phi) is 2.76. The van der Waals surface area contributed by atoms with E-state index in [1.807, 2.05) is 36.4 Å². The third-order valence-electron chi connectivity index (χ3n) is 6.19. The molecule has 120 valence electrons. The van der Waals surface area contributed by atoms with E-state index in [2.05, 4.69) is 17.3 Å². The second-order valence-corrected chi connectivity index (χ2v) is 7.24. The molecule has 1 aromatic rings. The van der Waals surface area contributed by atoms with Gasteiger partial charge in [-0.3, -0.25) is 9.59 Å². The van der Waals surface area contributed by atoms with Crippen molar-refractivity contribution < 1.29 is 9.59 Å². The zero-order valence-corrected chi connectivity index (χ0v) is 13.2. The number of rotatable bonds is 3. The van der Waals surface area contributed by atoms with E-state index in [1.54, 1.807) is 6.08 Å². The number of carbonyl (C=O) groups is 2. The van der Waals surface area contributed by atoms with Crippen LogP contribution in [-0.4, -0.2) is 23.0 Å². The molecule has 0 unspecified atom stereocenters. The summed E-state index contributed by atoms with van der Waals surface area (Å²) in [6.45, 7) is 0. The van der Waals surface area contributed by atoms with Crippen LogP contribution in [-0.2, 0) is 9.59 Å². The topological polar surface area (TPSA) is 49.7 Å². The molecule has 5 rings (SSSR count). The minimum absolute atomic E-state index is 0.113. The zero-order chi connectivity index (χ0) is 16.3. The second kappa shape index (κ2) is 4.76. The van der Waals surface area contributed by atoms with Crippen LogP contribution in [0.1, 0.15) is 18.4 Å². The van der Waals surface area contributed by atoms with Crippen LogP contribution in [0.15, 0.2) is 53.7 Å². The molecule has 0 N–H and O–H groups in total. The fraction of sp³-hybridized carbons (Fsp3) is 0.350. The Morgan fingerprint density at radius 2 is 1.62 bits per heavy atom. The zero-order valence-electron chi connectivity index (χ0n) is 13.2. The van der Waals surface area contributed by atoms with Gasteiger partial charge in [-0.25, -0.2) is 0 Å². The Labute approximate surface area is 140 Å². The van der Waals surface area contributed by atoms with Gasteiger partial charge >= 0.3 is 0 Å². The summed E-state index contributed by atoms with van der Waals surface area (Å²) in [6.07, 6.45) is 11.9. The number of imide groups is 1. The van der Waals surface area contributed by atoms with Gasteiger partial charge in [0, 0.05) is 6.21 Å². The Bertz CT molecular complexity index is 770. The van der Waals surface area contributed by atoms with Crippen LogP contribution in [0.25, 0.3) is 6.08 Å². The van der Waals surface area contributed by atoms with Crippen LogP contribution in [0.2, 0.25) is 0 Å². The molecule has 1 spiro atoms. The van der Waals surface area contributed by atoms with Crippen molar-refractivity contribution in [3.63, 3.8) is 0 Å². The first-order valence-electron chi connectivity index (χ1n) is 8.54. The lowest BCUT2D eigenvalue weighted by Gasteiger charge is -2.18. The quantitative estimate of drug-likeness (QED) is 0.489. The van der Waals surface area contributed by atoms with Crippen molar-refractivity contribution in [1.82, 2.24) is 5.01 Å².